The summed E-state index contributed by atoms with van der Waals surface area (Å²) in [6, 6.07) is 11.7. The van der Waals surface area contributed by atoms with Crippen molar-refractivity contribution in [3.05, 3.63) is 63.7 Å². The molecule has 0 radical (unpaired) electrons. The molecule has 2 amide bonds. The summed E-state index contributed by atoms with van der Waals surface area (Å²) in [6.07, 6.45) is 0.960. The van der Waals surface area contributed by atoms with E-state index in [2.05, 4.69) is 24.5 Å². The van der Waals surface area contributed by atoms with Crippen LogP contribution in [-0.4, -0.2) is 22.5 Å². The van der Waals surface area contributed by atoms with Gasteiger partial charge in [0, 0.05) is 30.8 Å². The molecule has 0 atom stereocenters. The lowest BCUT2D eigenvalue weighted by molar-refractivity contribution is -0.387. The molecule has 0 bridgehead atoms. The van der Waals surface area contributed by atoms with E-state index < -0.39 is 10.8 Å². The van der Waals surface area contributed by atoms with Crippen molar-refractivity contribution in [2.75, 3.05) is 11.1 Å². The SMILES string of the molecule is CC(=O)Nc1cccc(CNC(=O)c2ccc(SCCC(C)C)c([N+](=O)[O-])c2)c1. The normalized spacial score (nSPS) is 10.6. The van der Waals surface area contributed by atoms with Gasteiger partial charge in [-0.2, -0.15) is 0 Å². The molecule has 2 aromatic rings. The highest BCUT2D eigenvalue weighted by molar-refractivity contribution is 7.99. The Bertz CT molecular complexity index is 899. The van der Waals surface area contributed by atoms with Crippen molar-refractivity contribution >= 4 is 35.0 Å². The fourth-order valence-corrected chi connectivity index (χ4v) is 3.83. The quantitative estimate of drug-likeness (QED) is 0.353. The maximum Gasteiger partial charge on any atom is 0.283 e. The van der Waals surface area contributed by atoms with E-state index >= 15 is 0 Å². The second-order valence-corrected chi connectivity index (χ2v) is 8.17. The molecule has 8 heteroatoms. The molecule has 0 aromatic heterocycles. The molecule has 0 aliphatic carbocycles. The second-order valence-electron chi connectivity index (χ2n) is 7.03. The summed E-state index contributed by atoms with van der Waals surface area (Å²) in [6.45, 7) is 5.87. The molecule has 29 heavy (non-hydrogen) atoms. The molecule has 0 aliphatic heterocycles. The first-order valence-corrected chi connectivity index (χ1v) is 10.3. The molecule has 154 valence electrons. The number of nitro benzene ring substituents is 1. The zero-order valence-electron chi connectivity index (χ0n) is 16.7. The Morgan fingerprint density at radius 2 is 1.93 bits per heavy atom. The summed E-state index contributed by atoms with van der Waals surface area (Å²) >= 11 is 1.43. The van der Waals surface area contributed by atoms with Crippen molar-refractivity contribution in [1.29, 1.82) is 0 Å². The van der Waals surface area contributed by atoms with Gasteiger partial charge in [-0.3, -0.25) is 19.7 Å². The molecule has 0 saturated heterocycles. The van der Waals surface area contributed by atoms with Gasteiger partial charge in [0.25, 0.3) is 11.6 Å². The van der Waals surface area contributed by atoms with Crippen molar-refractivity contribution in [2.45, 2.75) is 38.6 Å². The summed E-state index contributed by atoms with van der Waals surface area (Å²) in [4.78, 5) is 35.1. The van der Waals surface area contributed by atoms with Crippen molar-refractivity contribution in [2.24, 2.45) is 5.92 Å². The molecule has 0 heterocycles. The number of nitrogens with zero attached hydrogens (tertiary/aromatic N) is 1. The van der Waals surface area contributed by atoms with Crippen molar-refractivity contribution in [3.8, 4) is 0 Å². The van der Waals surface area contributed by atoms with Crippen molar-refractivity contribution in [1.82, 2.24) is 5.32 Å². The first-order valence-electron chi connectivity index (χ1n) is 9.32. The first kappa shape index (κ1) is 22.4. The smallest absolute Gasteiger partial charge is 0.283 e. The van der Waals surface area contributed by atoms with Gasteiger partial charge in [0.15, 0.2) is 0 Å². The van der Waals surface area contributed by atoms with Crippen LogP contribution in [0.15, 0.2) is 47.4 Å². The number of carbonyl (C=O) groups excluding carboxylic acids is 2. The number of benzene rings is 2. The highest BCUT2D eigenvalue weighted by Crippen LogP contribution is 2.31. The monoisotopic (exact) mass is 415 g/mol. The molecule has 0 saturated carbocycles. The number of nitrogens with one attached hydrogen (secondary N) is 2. The minimum atomic E-state index is -0.453. The van der Waals surface area contributed by atoms with Gasteiger partial charge in [-0.1, -0.05) is 26.0 Å². The predicted octanol–water partition coefficient (Wildman–Crippen LogP) is 4.62. The lowest BCUT2D eigenvalue weighted by Gasteiger charge is -2.09. The van der Waals surface area contributed by atoms with Gasteiger partial charge in [0.05, 0.1) is 9.82 Å². The van der Waals surface area contributed by atoms with E-state index in [1.165, 1.54) is 24.8 Å². The number of carbonyl (C=O) groups is 2. The van der Waals surface area contributed by atoms with Crippen LogP contribution in [-0.2, 0) is 11.3 Å². The lowest BCUT2D eigenvalue weighted by atomic mass is 10.1. The number of hydrogen-bond acceptors (Lipinski definition) is 5. The van der Waals surface area contributed by atoms with Crippen molar-refractivity contribution < 1.29 is 14.5 Å². The minimum absolute atomic E-state index is 0.0564. The van der Waals surface area contributed by atoms with Gasteiger partial charge < -0.3 is 10.6 Å². The molecule has 2 N–H and O–H groups in total. The number of anilines is 1. The summed E-state index contributed by atoms with van der Waals surface area (Å²) in [5.74, 6) is 0.742. The fourth-order valence-electron chi connectivity index (χ4n) is 2.57. The van der Waals surface area contributed by atoms with E-state index in [1.54, 1.807) is 30.3 Å². The van der Waals surface area contributed by atoms with E-state index in [-0.39, 0.29) is 23.7 Å². The maximum atomic E-state index is 12.5. The maximum absolute atomic E-state index is 12.5. The lowest BCUT2D eigenvalue weighted by Crippen LogP contribution is -2.23. The first-order chi connectivity index (χ1) is 13.8. The molecule has 2 rings (SSSR count). The summed E-state index contributed by atoms with van der Waals surface area (Å²) in [5.41, 5.74) is 1.63. The van der Waals surface area contributed by atoms with Crippen LogP contribution in [0.5, 0.6) is 0 Å². The molecule has 0 aliphatic rings. The van der Waals surface area contributed by atoms with Crippen LogP contribution in [0.1, 0.15) is 43.1 Å². The zero-order valence-corrected chi connectivity index (χ0v) is 17.5. The van der Waals surface area contributed by atoms with E-state index in [0.29, 0.717) is 16.5 Å². The van der Waals surface area contributed by atoms with Crippen LogP contribution in [0.3, 0.4) is 0 Å². The van der Waals surface area contributed by atoms with E-state index in [4.69, 9.17) is 0 Å². The number of thioether (sulfide) groups is 1. The molecule has 0 unspecified atom stereocenters. The minimum Gasteiger partial charge on any atom is -0.348 e. The van der Waals surface area contributed by atoms with Crippen LogP contribution in [0.4, 0.5) is 11.4 Å². The van der Waals surface area contributed by atoms with Crippen LogP contribution in [0, 0.1) is 16.0 Å². The summed E-state index contributed by atoms with van der Waals surface area (Å²) in [5, 5.41) is 16.9. The van der Waals surface area contributed by atoms with Gasteiger partial charge in [-0.15, -0.1) is 11.8 Å². The third-order valence-corrected chi connectivity index (χ3v) is 5.17. The fraction of sp³-hybridized carbons (Fsp3) is 0.333. The largest absolute Gasteiger partial charge is 0.348 e. The molecular formula is C21H25N3O4S. The highest BCUT2D eigenvalue weighted by Gasteiger charge is 2.18. The van der Waals surface area contributed by atoms with Crippen molar-refractivity contribution in [3.63, 3.8) is 0 Å². The Hall–Kier alpha value is -2.87. The topological polar surface area (TPSA) is 101 Å². The second kappa shape index (κ2) is 10.6. The van der Waals surface area contributed by atoms with E-state index in [1.807, 2.05) is 6.07 Å². The third kappa shape index (κ3) is 7.23. The van der Waals surface area contributed by atoms with Crippen LogP contribution in [0.2, 0.25) is 0 Å². The van der Waals surface area contributed by atoms with Gasteiger partial charge in [-0.05, 0) is 47.9 Å². The zero-order chi connectivity index (χ0) is 21.4. The molecule has 0 fully saturated rings. The van der Waals surface area contributed by atoms with Gasteiger partial charge in [0.1, 0.15) is 0 Å². The van der Waals surface area contributed by atoms with Gasteiger partial charge >= 0.3 is 0 Å². The van der Waals surface area contributed by atoms with Gasteiger partial charge in [0.2, 0.25) is 5.91 Å². The Balaban J connectivity index is 2.06. The van der Waals surface area contributed by atoms with Crippen LogP contribution in [0.25, 0.3) is 0 Å². The number of nitro groups is 1. The van der Waals surface area contributed by atoms with E-state index in [9.17, 15) is 19.7 Å². The summed E-state index contributed by atoms with van der Waals surface area (Å²) in [7, 11) is 0. The number of amides is 2. The highest BCUT2D eigenvalue weighted by atomic mass is 32.2. The van der Waals surface area contributed by atoms with Crippen LogP contribution >= 0.6 is 11.8 Å². The molecule has 0 spiro atoms. The Labute approximate surface area is 174 Å². The number of hydrogen-bond donors (Lipinski definition) is 2. The van der Waals surface area contributed by atoms with E-state index in [0.717, 1.165) is 17.7 Å². The Morgan fingerprint density at radius 1 is 1.17 bits per heavy atom. The Morgan fingerprint density at radius 3 is 2.59 bits per heavy atom. The summed E-state index contributed by atoms with van der Waals surface area (Å²) < 4.78 is 0. The number of rotatable bonds is 9. The molecule has 7 nitrogen and oxygen atoms in total. The van der Waals surface area contributed by atoms with Crippen LogP contribution < -0.4 is 10.6 Å². The Kier molecular flexibility index (Phi) is 8.21. The predicted molar refractivity (Wildman–Crippen MR) is 115 cm³/mol. The molecule has 2 aromatic carbocycles. The van der Waals surface area contributed by atoms with Gasteiger partial charge in [-0.25, -0.2) is 0 Å². The average molecular weight is 416 g/mol. The third-order valence-electron chi connectivity index (χ3n) is 4.07. The standard InChI is InChI=1S/C21H25N3O4S/c1-14(2)9-10-29-20-8-7-17(12-19(20)24(27)28)21(26)22-13-16-5-4-6-18(11-16)23-15(3)25/h4-8,11-12,14H,9-10,13H2,1-3H3,(H,22,26)(H,23,25). The average Bonchev–Trinajstić information content (AvgIpc) is 2.65. The molecular weight excluding hydrogens is 390 g/mol.